The molecular weight excluding hydrogens is 264 g/mol. The Kier molecular flexibility index (Phi) is 4.19. The van der Waals surface area contributed by atoms with Crippen LogP contribution >= 0.6 is 0 Å². The van der Waals surface area contributed by atoms with Crippen LogP contribution in [-0.4, -0.2) is 15.7 Å². The summed E-state index contributed by atoms with van der Waals surface area (Å²) in [4.78, 5) is 11.9. The summed E-state index contributed by atoms with van der Waals surface area (Å²) in [6.07, 6.45) is 3.22. The number of nitrogens with zero attached hydrogens (tertiary/aromatic N) is 3. The predicted octanol–water partition coefficient (Wildman–Crippen LogP) is 2.56. The number of hydrogen-bond donors (Lipinski definition) is 1. The van der Waals surface area contributed by atoms with Crippen LogP contribution < -0.4 is 5.32 Å². The highest BCUT2D eigenvalue weighted by Gasteiger charge is 2.06. The summed E-state index contributed by atoms with van der Waals surface area (Å²) in [6, 6.07) is 8.83. The first kappa shape index (κ1) is 14.5. The molecule has 2 rings (SSSR count). The second-order valence-electron chi connectivity index (χ2n) is 4.72. The summed E-state index contributed by atoms with van der Waals surface area (Å²) in [6.45, 7) is 3.86. The van der Waals surface area contributed by atoms with E-state index < -0.39 is 0 Å². The van der Waals surface area contributed by atoms with Gasteiger partial charge in [0, 0.05) is 30.1 Å². The Bertz CT molecular complexity index is 750. The van der Waals surface area contributed by atoms with Gasteiger partial charge < -0.3 is 5.32 Å². The van der Waals surface area contributed by atoms with Crippen LogP contribution in [0.1, 0.15) is 22.5 Å². The minimum Gasteiger partial charge on any atom is -0.322 e. The third-order valence-corrected chi connectivity index (χ3v) is 3.23. The number of aryl methyl sites for hydroxylation is 2. The van der Waals surface area contributed by atoms with E-state index in [0.717, 1.165) is 17.0 Å². The monoisotopic (exact) mass is 280 g/mol. The molecule has 0 aliphatic carbocycles. The molecule has 0 aliphatic rings. The normalized spacial score (nSPS) is 10.6. The number of anilines is 1. The topological polar surface area (TPSA) is 70.7 Å². The van der Waals surface area contributed by atoms with Crippen molar-refractivity contribution in [2.45, 2.75) is 13.8 Å². The zero-order valence-corrected chi connectivity index (χ0v) is 12.2. The summed E-state index contributed by atoms with van der Waals surface area (Å²) in [7, 11) is 1.87. The van der Waals surface area contributed by atoms with Crippen molar-refractivity contribution in [3.05, 3.63) is 52.9 Å². The van der Waals surface area contributed by atoms with Crippen molar-refractivity contribution in [3.63, 3.8) is 0 Å². The van der Waals surface area contributed by atoms with E-state index in [-0.39, 0.29) is 5.91 Å². The number of hydrogen-bond acceptors (Lipinski definition) is 3. The van der Waals surface area contributed by atoms with Gasteiger partial charge in [0.25, 0.3) is 0 Å². The van der Waals surface area contributed by atoms with Crippen molar-refractivity contribution >= 4 is 17.7 Å². The van der Waals surface area contributed by atoms with Crippen LogP contribution in [0.5, 0.6) is 0 Å². The summed E-state index contributed by atoms with van der Waals surface area (Å²) >= 11 is 0. The average Bonchev–Trinajstić information content (AvgIpc) is 2.70. The first-order valence-electron chi connectivity index (χ1n) is 6.50. The van der Waals surface area contributed by atoms with E-state index in [0.29, 0.717) is 11.3 Å². The fourth-order valence-corrected chi connectivity index (χ4v) is 2.04. The van der Waals surface area contributed by atoms with E-state index >= 15 is 0 Å². The lowest BCUT2D eigenvalue weighted by molar-refractivity contribution is -0.111. The molecule has 1 aromatic carbocycles. The molecular formula is C16H16N4O. The van der Waals surface area contributed by atoms with E-state index in [1.54, 1.807) is 35.0 Å². The molecule has 0 spiro atoms. The van der Waals surface area contributed by atoms with E-state index in [1.165, 1.54) is 6.08 Å². The van der Waals surface area contributed by atoms with E-state index in [2.05, 4.69) is 10.4 Å². The molecule has 21 heavy (non-hydrogen) atoms. The molecule has 1 aromatic heterocycles. The number of rotatable bonds is 3. The van der Waals surface area contributed by atoms with Crippen molar-refractivity contribution in [1.29, 1.82) is 5.26 Å². The number of nitriles is 1. The zero-order chi connectivity index (χ0) is 15.4. The molecule has 0 saturated heterocycles. The van der Waals surface area contributed by atoms with Crippen LogP contribution in [0, 0.1) is 25.2 Å². The first-order valence-corrected chi connectivity index (χ1v) is 6.50. The molecule has 5 heteroatoms. The minimum atomic E-state index is -0.243. The van der Waals surface area contributed by atoms with Crippen LogP contribution in [-0.2, 0) is 11.8 Å². The third kappa shape index (κ3) is 3.37. The molecule has 0 fully saturated rings. The van der Waals surface area contributed by atoms with Crippen molar-refractivity contribution in [1.82, 2.24) is 9.78 Å². The molecule has 0 unspecified atom stereocenters. The SMILES string of the molecule is Cc1nn(C)c(C)c1C=CC(=O)Nc1cccc(C#N)c1. The van der Waals surface area contributed by atoms with Gasteiger partial charge in [-0.05, 0) is 38.1 Å². The third-order valence-electron chi connectivity index (χ3n) is 3.23. The van der Waals surface area contributed by atoms with Crippen LogP contribution in [0.25, 0.3) is 6.08 Å². The summed E-state index contributed by atoms with van der Waals surface area (Å²) in [5.74, 6) is -0.243. The van der Waals surface area contributed by atoms with Crippen molar-refractivity contribution in [2.75, 3.05) is 5.32 Å². The summed E-state index contributed by atoms with van der Waals surface area (Å²) < 4.78 is 1.78. The lowest BCUT2D eigenvalue weighted by Crippen LogP contribution is -2.07. The molecule has 5 nitrogen and oxygen atoms in total. The van der Waals surface area contributed by atoms with Gasteiger partial charge in [-0.15, -0.1) is 0 Å². The molecule has 2 aromatic rings. The molecule has 106 valence electrons. The quantitative estimate of drug-likeness (QED) is 0.878. The van der Waals surface area contributed by atoms with E-state index in [1.807, 2.05) is 27.0 Å². The Morgan fingerprint density at radius 2 is 2.19 bits per heavy atom. The molecule has 0 radical (unpaired) electrons. The Hall–Kier alpha value is -2.87. The smallest absolute Gasteiger partial charge is 0.248 e. The number of amides is 1. The van der Waals surface area contributed by atoms with E-state index in [4.69, 9.17) is 5.26 Å². The largest absolute Gasteiger partial charge is 0.322 e. The molecule has 0 bridgehead atoms. The van der Waals surface area contributed by atoms with Crippen molar-refractivity contribution in [2.24, 2.45) is 7.05 Å². The Balaban J connectivity index is 2.11. The van der Waals surface area contributed by atoms with Gasteiger partial charge in [-0.1, -0.05) is 6.07 Å². The Morgan fingerprint density at radius 3 is 2.81 bits per heavy atom. The fourth-order valence-electron chi connectivity index (χ4n) is 2.04. The van der Waals surface area contributed by atoms with Crippen LogP contribution in [0.15, 0.2) is 30.3 Å². The molecule has 1 N–H and O–H groups in total. The van der Waals surface area contributed by atoms with Crippen molar-refractivity contribution in [3.8, 4) is 6.07 Å². The van der Waals surface area contributed by atoms with Gasteiger partial charge in [0.15, 0.2) is 0 Å². The highest BCUT2D eigenvalue weighted by atomic mass is 16.1. The maximum Gasteiger partial charge on any atom is 0.248 e. The standard InChI is InChI=1S/C16H16N4O/c1-11-15(12(2)20(3)19-11)7-8-16(21)18-14-6-4-5-13(9-14)10-17/h4-9H,1-3H3,(H,18,21). The summed E-state index contributed by atoms with van der Waals surface area (Å²) in [5, 5.41) is 15.8. The zero-order valence-electron chi connectivity index (χ0n) is 12.2. The average molecular weight is 280 g/mol. The highest BCUT2D eigenvalue weighted by Crippen LogP contribution is 2.14. The van der Waals surface area contributed by atoms with Gasteiger partial charge in [-0.25, -0.2) is 0 Å². The lowest BCUT2D eigenvalue weighted by Gasteiger charge is -2.02. The molecule has 1 heterocycles. The fraction of sp³-hybridized carbons (Fsp3) is 0.188. The second kappa shape index (κ2) is 6.06. The van der Waals surface area contributed by atoms with Crippen LogP contribution in [0.2, 0.25) is 0 Å². The second-order valence-corrected chi connectivity index (χ2v) is 4.72. The van der Waals surface area contributed by atoms with Gasteiger partial charge in [-0.3, -0.25) is 9.48 Å². The molecule has 0 saturated carbocycles. The predicted molar refractivity (Wildman–Crippen MR) is 81.5 cm³/mol. The number of carbonyl (C=O) groups excluding carboxylic acids is 1. The number of aromatic nitrogens is 2. The van der Waals surface area contributed by atoms with Crippen molar-refractivity contribution < 1.29 is 4.79 Å². The van der Waals surface area contributed by atoms with Gasteiger partial charge in [0.05, 0.1) is 17.3 Å². The van der Waals surface area contributed by atoms with Gasteiger partial charge in [0.2, 0.25) is 5.91 Å². The summed E-state index contributed by atoms with van der Waals surface area (Å²) in [5.41, 5.74) is 3.94. The molecule has 1 amide bonds. The minimum absolute atomic E-state index is 0.243. The highest BCUT2D eigenvalue weighted by molar-refractivity contribution is 6.02. The first-order chi connectivity index (χ1) is 10.0. The number of nitrogens with one attached hydrogen (secondary N) is 1. The lowest BCUT2D eigenvalue weighted by atomic mass is 10.2. The number of carbonyl (C=O) groups is 1. The van der Waals surface area contributed by atoms with Crippen LogP contribution in [0.4, 0.5) is 5.69 Å². The Morgan fingerprint density at radius 1 is 1.43 bits per heavy atom. The van der Waals surface area contributed by atoms with E-state index in [9.17, 15) is 4.79 Å². The van der Waals surface area contributed by atoms with Gasteiger partial charge >= 0.3 is 0 Å². The maximum atomic E-state index is 11.9. The molecule has 0 atom stereocenters. The van der Waals surface area contributed by atoms with Gasteiger partial charge in [0.1, 0.15) is 0 Å². The maximum absolute atomic E-state index is 11.9. The number of benzene rings is 1. The Labute approximate surface area is 123 Å². The van der Waals surface area contributed by atoms with Gasteiger partial charge in [-0.2, -0.15) is 10.4 Å². The molecule has 0 aliphatic heterocycles. The van der Waals surface area contributed by atoms with Crippen LogP contribution in [0.3, 0.4) is 0 Å².